The largest absolute Gasteiger partial charge is 0.383 e. The Balaban J connectivity index is 2.05. The number of nitrogens with zero attached hydrogens (tertiary/aromatic N) is 5. The number of halogens is 1. The van der Waals surface area contributed by atoms with Crippen LogP contribution in [0.25, 0.3) is 0 Å². The molecule has 0 atom stereocenters. The van der Waals surface area contributed by atoms with E-state index in [9.17, 15) is 0 Å². The molecule has 0 saturated carbocycles. The molecular formula is C6H7BrN8. The first-order valence-electron chi connectivity index (χ1n) is 4.00. The predicted molar refractivity (Wildman–Crippen MR) is 55.6 cm³/mol. The highest BCUT2D eigenvalue weighted by molar-refractivity contribution is 9.10. The molecule has 0 spiro atoms. The molecule has 0 bridgehead atoms. The van der Waals surface area contributed by atoms with Gasteiger partial charge in [0.15, 0.2) is 5.82 Å². The number of rotatable bonds is 3. The fourth-order valence-electron chi connectivity index (χ4n) is 0.930. The normalized spacial score (nSPS) is 10.2. The van der Waals surface area contributed by atoms with Gasteiger partial charge in [0.05, 0.1) is 6.54 Å². The van der Waals surface area contributed by atoms with Crippen molar-refractivity contribution in [3.05, 3.63) is 16.5 Å². The minimum atomic E-state index is 0.381. The zero-order chi connectivity index (χ0) is 10.7. The van der Waals surface area contributed by atoms with Crippen molar-refractivity contribution in [3.63, 3.8) is 0 Å². The van der Waals surface area contributed by atoms with E-state index in [1.807, 2.05) is 0 Å². The third-order valence-electron chi connectivity index (χ3n) is 1.51. The number of H-pyrrole nitrogens is 1. The third kappa shape index (κ3) is 2.59. The van der Waals surface area contributed by atoms with Gasteiger partial charge in [0.25, 0.3) is 0 Å². The molecule has 0 aliphatic carbocycles. The van der Waals surface area contributed by atoms with Crippen LogP contribution in [0.3, 0.4) is 0 Å². The van der Waals surface area contributed by atoms with Gasteiger partial charge in [-0.25, -0.2) is 4.98 Å². The van der Waals surface area contributed by atoms with Crippen LogP contribution in [0.2, 0.25) is 0 Å². The van der Waals surface area contributed by atoms with Crippen molar-refractivity contribution in [2.24, 2.45) is 0 Å². The number of nitrogen functional groups attached to an aromatic ring is 1. The monoisotopic (exact) mass is 270 g/mol. The zero-order valence-corrected chi connectivity index (χ0v) is 9.06. The van der Waals surface area contributed by atoms with Crippen molar-refractivity contribution < 1.29 is 0 Å². The molecule has 0 aliphatic rings. The molecule has 0 saturated heterocycles. The number of nitrogens with one attached hydrogen (secondary N) is 2. The van der Waals surface area contributed by atoms with E-state index in [1.165, 1.54) is 0 Å². The van der Waals surface area contributed by atoms with Gasteiger partial charge < -0.3 is 11.1 Å². The summed E-state index contributed by atoms with van der Waals surface area (Å²) in [6.07, 6.45) is 0. The summed E-state index contributed by atoms with van der Waals surface area (Å²) in [5.41, 5.74) is 5.54. The van der Waals surface area contributed by atoms with Crippen molar-refractivity contribution in [2.45, 2.75) is 6.54 Å². The number of tetrazole rings is 1. The van der Waals surface area contributed by atoms with Gasteiger partial charge in [-0.1, -0.05) is 5.21 Å². The smallest absolute Gasteiger partial charge is 0.226 e. The molecule has 2 rings (SSSR count). The maximum absolute atomic E-state index is 5.54. The molecule has 0 amide bonds. The first kappa shape index (κ1) is 9.77. The van der Waals surface area contributed by atoms with E-state index in [0.29, 0.717) is 28.7 Å². The second-order valence-electron chi connectivity index (χ2n) is 2.62. The van der Waals surface area contributed by atoms with Crippen molar-refractivity contribution in [2.75, 3.05) is 11.1 Å². The molecule has 2 aromatic rings. The van der Waals surface area contributed by atoms with Gasteiger partial charge in [-0.15, -0.1) is 10.2 Å². The Morgan fingerprint density at radius 3 is 3.00 bits per heavy atom. The van der Waals surface area contributed by atoms with Crippen LogP contribution in [0, 0.1) is 0 Å². The number of aromatic amines is 1. The number of anilines is 2. The van der Waals surface area contributed by atoms with Crippen LogP contribution in [0.15, 0.2) is 10.7 Å². The highest BCUT2D eigenvalue weighted by Gasteiger charge is 2.02. The van der Waals surface area contributed by atoms with Crippen LogP contribution in [-0.2, 0) is 6.54 Å². The minimum Gasteiger partial charge on any atom is -0.383 e. The average molecular weight is 271 g/mol. The summed E-state index contributed by atoms with van der Waals surface area (Å²) < 4.78 is 0.616. The maximum Gasteiger partial charge on any atom is 0.226 e. The number of aromatic nitrogens is 6. The van der Waals surface area contributed by atoms with Gasteiger partial charge in [0.2, 0.25) is 5.95 Å². The quantitative estimate of drug-likeness (QED) is 0.669. The topological polar surface area (TPSA) is 118 Å². The Morgan fingerprint density at radius 1 is 1.47 bits per heavy atom. The lowest BCUT2D eigenvalue weighted by Crippen LogP contribution is -2.06. The van der Waals surface area contributed by atoms with Crippen LogP contribution >= 0.6 is 15.9 Å². The van der Waals surface area contributed by atoms with Crippen molar-refractivity contribution in [3.8, 4) is 0 Å². The Labute approximate surface area is 92.8 Å². The van der Waals surface area contributed by atoms with Gasteiger partial charge in [-0.2, -0.15) is 10.2 Å². The van der Waals surface area contributed by atoms with E-state index in [0.717, 1.165) is 0 Å². The molecule has 9 heteroatoms. The third-order valence-corrected chi connectivity index (χ3v) is 1.91. The Kier molecular flexibility index (Phi) is 2.72. The Hall–Kier alpha value is -1.77. The van der Waals surface area contributed by atoms with Crippen LogP contribution in [-0.4, -0.2) is 30.6 Å². The predicted octanol–water partition coefficient (Wildman–Crippen LogP) is -0.0535. The Morgan fingerprint density at radius 2 is 2.33 bits per heavy atom. The molecule has 0 aliphatic heterocycles. The molecule has 2 aromatic heterocycles. The fourth-order valence-corrected chi connectivity index (χ4v) is 1.33. The average Bonchev–Trinajstić information content (AvgIpc) is 2.65. The standard InChI is InChI=1S/C6H7BrN8/c7-3-1-4(8)11-6(10-3)9-2-5-12-14-15-13-5/h1H,2H2,(H3,8,9,10,11)(H,12,13,14,15). The lowest BCUT2D eigenvalue weighted by atomic mass is 10.6. The van der Waals surface area contributed by atoms with E-state index in [-0.39, 0.29) is 0 Å². The molecule has 0 radical (unpaired) electrons. The van der Waals surface area contributed by atoms with Crippen molar-refractivity contribution in [1.82, 2.24) is 30.6 Å². The summed E-state index contributed by atoms with van der Waals surface area (Å²) in [6.45, 7) is 0.381. The van der Waals surface area contributed by atoms with Crippen LogP contribution in [0.4, 0.5) is 11.8 Å². The second-order valence-corrected chi connectivity index (χ2v) is 3.43. The van der Waals surface area contributed by atoms with Gasteiger partial charge >= 0.3 is 0 Å². The number of hydrogen-bond donors (Lipinski definition) is 3. The molecular weight excluding hydrogens is 264 g/mol. The molecule has 0 fully saturated rings. The summed E-state index contributed by atoms with van der Waals surface area (Å²) in [7, 11) is 0. The molecule has 0 aromatic carbocycles. The van der Waals surface area contributed by atoms with Crippen LogP contribution in [0.5, 0.6) is 0 Å². The summed E-state index contributed by atoms with van der Waals surface area (Å²) in [5.74, 6) is 1.32. The highest BCUT2D eigenvalue weighted by atomic mass is 79.9. The highest BCUT2D eigenvalue weighted by Crippen LogP contribution is 2.12. The first-order chi connectivity index (χ1) is 7.24. The summed E-state index contributed by atoms with van der Waals surface area (Å²) in [4.78, 5) is 8.03. The SMILES string of the molecule is Nc1cc(Br)nc(NCc2nn[nH]n2)n1. The van der Waals surface area contributed by atoms with E-state index in [4.69, 9.17) is 5.73 Å². The summed E-state index contributed by atoms with van der Waals surface area (Å²) >= 11 is 3.21. The van der Waals surface area contributed by atoms with E-state index in [1.54, 1.807) is 6.07 Å². The van der Waals surface area contributed by atoms with E-state index >= 15 is 0 Å². The Bertz CT molecular complexity index is 420. The van der Waals surface area contributed by atoms with Crippen molar-refractivity contribution in [1.29, 1.82) is 0 Å². The van der Waals surface area contributed by atoms with Gasteiger partial charge in [-0.3, -0.25) is 0 Å². The molecule has 2 heterocycles. The van der Waals surface area contributed by atoms with E-state index < -0.39 is 0 Å². The number of hydrogen-bond acceptors (Lipinski definition) is 7. The van der Waals surface area contributed by atoms with Crippen LogP contribution in [0.1, 0.15) is 5.82 Å². The molecule has 78 valence electrons. The molecule has 0 unspecified atom stereocenters. The molecule has 4 N–H and O–H groups in total. The molecule has 15 heavy (non-hydrogen) atoms. The second kappa shape index (κ2) is 4.17. The van der Waals surface area contributed by atoms with Gasteiger partial charge in [0.1, 0.15) is 10.4 Å². The molecule has 8 nitrogen and oxygen atoms in total. The minimum absolute atomic E-state index is 0.381. The van der Waals surface area contributed by atoms with Gasteiger partial charge in [-0.05, 0) is 15.9 Å². The first-order valence-corrected chi connectivity index (χ1v) is 4.79. The summed E-state index contributed by atoms with van der Waals surface area (Å²) in [6, 6.07) is 1.61. The maximum atomic E-state index is 5.54. The van der Waals surface area contributed by atoms with Gasteiger partial charge in [0, 0.05) is 6.07 Å². The fraction of sp³-hybridized carbons (Fsp3) is 0.167. The lowest BCUT2D eigenvalue weighted by molar-refractivity contribution is 0.881. The van der Waals surface area contributed by atoms with Crippen LogP contribution < -0.4 is 11.1 Å². The van der Waals surface area contributed by atoms with Crippen molar-refractivity contribution >= 4 is 27.7 Å². The number of nitrogens with two attached hydrogens (primary N) is 1. The van der Waals surface area contributed by atoms with E-state index in [2.05, 4.69) is 51.8 Å². The zero-order valence-electron chi connectivity index (χ0n) is 7.48. The summed E-state index contributed by atoms with van der Waals surface area (Å²) in [5, 5.41) is 16.2. The lowest BCUT2D eigenvalue weighted by Gasteiger charge is -2.02.